The van der Waals surface area contributed by atoms with Gasteiger partial charge in [0.05, 0.1) is 5.92 Å². The number of nitrogens with zero attached hydrogens (tertiary/aromatic N) is 2. The summed E-state index contributed by atoms with van der Waals surface area (Å²) in [4.78, 5) is 27.7. The van der Waals surface area contributed by atoms with Gasteiger partial charge in [0.2, 0.25) is 5.91 Å². The largest absolute Gasteiger partial charge is 0.481 e. The van der Waals surface area contributed by atoms with Gasteiger partial charge in [-0.25, -0.2) is 0 Å². The Balaban J connectivity index is 1.88. The van der Waals surface area contributed by atoms with Crippen molar-refractivity contribution in [2.45, 2.75) is 45.6 Å². The fourth-order valence-electron chi connectivity index (χ4n) is 3.67. The lowest BCUT2D eigenvalue weighted by Crippen LogP contribution is -2.53. The minimum atomic E-state index is -0.776. The second-order valence-corrected chi connectivity index (χ2v) is 6.28. The molecule has 3 unspecified atom stereocenters. The molecular formula is C15H26N2O3. The fourth-order valence-corrected chi connectivity index (χ4v) is 3.67. The van der Waals surface area contributed by atoms with E-state index >= 15 is 0 Å². The van der Waals surface area contributed by atoms with Crippen molar-refractivity contribution in [1.82, 2.24) is 9.80 Å². The highest BCUT2D eigenvalue weighted by atomic mass is 16.4. The van der Waals surface area contributed by atoms with Gasteiger partial charge < -0.3 is 14.9 Å². The number of carbonyl (C=O) groups is 2. The molecule has 0 spiro atoms. The van der Waals surface area contributed by atoms with Crippen LogP contribution >= 0.6 is 0 Å². The van der Waals surface area contributed by atoms with E-state index in [0.717, 1.165) is 26.1 Å². The molecule has 2 fully saturated rings. The van der Waals surface area contributed by atoms with Crippen molar-refractivity contribution in [3.8, 4) is 0 Å². The molecule has 2 aliphatic heterocycles. The van der Waals surface area contributed by atoms with E-state index in [4.69, 9.17) is 0 Å². The zero-order valence-electron chi connectivity index (χ0n) is 12.5. The van der Waals surface area contributed by atoms with E-state index in [0.29, 0.717) is 13.0 Å². The summed E-state index contributed by atoms with van der Waals surface area (Å²) in [5.74, 6) is -1.16. The molecule has 0 aromatic rings. The van der Waals surface area contributed by atoms with Crippen LogP contribution in [-0.2, 0) is 9.59 Å². The van der Waals surface area contributed by atoms with Gasteiger partial charge in [-0.15, -0.1) is 0 Å². The van der Waals surface area contributed by atoms with Crippen molar-refractivity contribution in [2.75, 3.05) is 26.2 Å². The van der Waals surface area contributed by atoms with Gasteiger partial charge in [-0.2, -0.15) is 0 Å². The third-order valence-corrected chi connectivity index (χ3v) is 4.80. The maximum Gasteiger partial charge on any atom is 0.308 e. The van der Waals surface area contributed by atoms with Gasteiger partial charge in [-0.1, -0.05) is 6.92 Å². The second kappa shape index (κ2) is 6.57. The van der Waals surface area contributed by atoms with E-state index in [1.54, 1.807) is 4.90 Å². The molecule has 0 aliphatic carbocycles. The van der Waals surface area contributed by atoms with E-state index in [1.165, 1.54) is 12.8 Å². The molecule has 0 radical (unpaired) electrons. The Bertz CT molecular complexity index is 366. The summed E-state index contributed by atoms with van der Waals surface area (Å²) in [6.45, 7) is 7.78. The highest BCUT2D eigenvalue weighted by Crippen LogP contribution is 2.30. The van der Waals surface area contributed by atoms with Gasteiger partial charge in [-0.3, -0.25) is 9.59 Å². The number of carboxylic acids is 1. The number of amides is 1. The number of hydrogen-bond acceptors (Lipinski definition) is 3. The lowest BCUT2D eigenvalue weighted by molar-refractivity contribution is -0.154. The number of hydrogen-bond donors (Lipinski definition) is 1. The second-order valence-electron chi connectivity index (χ2n) is 6.28. The van der Waals surface area contributed by atoms with E-state index in [1.807, 2.05) is 13.8 Å². The van der Waals surface area contributed by atoms with E-state index in [9.17, 15) is 14.7 Å². The van der Waals surface area contributed by atoms with E-state index < -0.39 is 11.9 Å². The quantitative estimate of drug-likeness (QED) is 0.828. The van der Waals surface area contributed by atoms with E-state index in [2.05, 4.69) is 4.90 Å². The fraction of sp³-hybridized carbons (Fsp3) is 0.867. The van der Waals surface area contributed by atoms with Crippen molar-refractivity contribution in [1.29, 1.82) is 0 Å². The molecule has 1 amide bonds. The van der Waals surface area contributed by atoms with Crippen LogP contribution in [0.25, 0.3) is 0 Å². The lowest BCUT2D eigenvalue weighted by Gasteiger charge is -2.41. The number of carbonyl (C=O) groups excluding carboxylic acids is 1. The van der Waals surface area contributed by atoms with E-state index in [-0.39, 0.29) is 17.9 Å². The molecule has 0 aromatic carbocycles. The molecule has 2 aliphatic rings. The summed E-state index contributed by atoms with van der Waals surface area (Å²) in [6, 6.07) is -0.192. The molecule has 0 bridgehead atoms. The van der Waals surface area contributed by atoms with Gasteiger partial charge >= 0.3 is 5.97 Å². The zero-order chi connectivity index (χ0) is 14.7. The summed E-state index contributed by atoms with van der Waals surface area (Å²) in [6.07, 6.45) is 3.86. The third kappa shape index (κ3) is 3.32. The monoisotopic (exact) mass is 282 g/mol. The molecule has 114 valence electrons. The van der Waals surface area contributed by atoms with Crippen molar-refractivity contribution in [3.63, 3.8) is 0 Å². The number of piperidine rings is 1. The van der Waals surface area contributed by atoms with Crippen molar-refractivity contribution in [3.05, 3.63) is 0 Å². The Kier molecular flexibility index (Phi) is 5.02. The zero-order valence-corrected chi connectivity index (χ0v) is 12.5. The summed E-state index contributed by atoms with van der Waals surface area (Å²) >= 11 is 0. The van der Waals surface area contributed by atoms with Crippen LogP contribution < -0.4 is 0 Å². The Morgan fingerprint density at radius 2 is 1.90 bits per heavy atom. The minimum Gasteiger partial charge on any atom is -0.481 e. The lowest BCUT2D eigenvalue weighted by atomic mass is 9.81. The molecule has 2 saturated heterocycles. The Hall–Kier alpha value is -1.10. The first-order chi connectivity index (χ1) is 9.50. The van der Waals surface area contributed by atoms with Gasteiger partial charge in [0.1, 0.15) is 0 Å². The number of rotatable bonds is 5. The van der Waals surface area contributed by atoms with Crippen LogP contribution in [0.1, 0.15) is 39.5 Å². The Morgan fingerprint density at radius 3 is 2.50 bits per heavy atom. The maximum atomic E-state index is 12.1. The van der Waals surface area contributed by atoms with Gasteiger partial charge in [0, 0.05) is 19.0 Å². The van der Waals surface area contributed by atoms with Crippen LogP contribution in [0.3, 0.4) is 0 Å². The SMILES string of the molecule is CC1CC(=O)N(CCCN2CCCC2)C(C)C1C(=O)O. The van der Waals surface area contributed by atoms with Crippen LogP contribution in [0, 0.1) is 11.8 Å². The first-order valence-corrected chi connectivity index (χ1v) is 7.75. The standard InChI is InChI=1S/C15H26N2O3/c1-11-10-13(18)17(12(2)14(11)15(19)20)9-5-8-16-6-3-4-7-16/h11-12,14H,3-10H2,1-2H3,(H,19,20). The third-order valence-electron chi connectivity index (χ3n) is 4.80. The summed E-state index contributed by atoms with van der Waals surface area (Å²) in [5.41, 5.74) is 0. The topological polar surface area (TPSA) is 60.9 Å². The minimum absolute atomic E-state index is 0.0650. The average Bonchev–Trinajstić information content (AvgIpc) is 2.85. The normalized spacial score (nSPS) is 31.8. The molecule has 1 N–H and O–H groups in total. The predicted octanol–water partition coefficient (Wildman–Crippen LogP) is 1.43. The molecule has 0 aromatic heterocycles. The van der Waals surface area contributed by atoms with Crippen LogP contribution in [0.5, 0.6) is 0 Å². The summed E-state index contributed by atoms with van der Waals surface area (Å²) in [7, 11) is 0. The van der Waals surface area contributed by atoms with Gasteiger partial charge in [-0.05, 0) is 51.7 Å². The molecule has 0 saturated carbocycles. The Labute approximate surface area is 120 Å². The van der Waals surface area contributed by atoms with Gasteiger partial charge in [0.15, 0.2) is 0 Å². The molecule has 20 heavy (non-hydrogen) atoms. The van der Waals surface area contributed by atoms with Gasteiger partial charge in [0.25, 0.3) is 0 Å². The number of aliphatic carboxylic acids is 1. The predicted molar refractivity (Wildman–Crippen MR) is 76.4 cm³/mol. The van der Waals surface area contributed by atoms with Crippen molar-refractivity contribution in [2.24, 2.45) is 11.8 Å². The maximum absolute atomic E-state index is 12.1. The smallest absolute Gasteiger partial charge is 0.308 e. The first-order valence-electron chi connectivity index (χ1n) is 7.75. The molecule has 5 nitrogen and oxygen atoms in total. The first kappa shape index (κ1) is 15.3. The summed E-state index contributed by atoms with van der Waals surface area (Å²) < 4.78 is 0. The summed E-state index contributed by atoms with van der Waals surface area (Å²) in [5, 5.41) is 9.33. The Morgan fingerprint density at radius 1 is 1.25 bits per heavy atom. The van der Waals surface area contributed by atoms with Crippen LogP contribution in [-0.4, -0.2) is 59.0 Å². The van der Waals surface area contributed by atoms with Crippen molar-refractivity contribution < 1.29 is 14.7 Å². The highest BCUT2D eigenvalue weighted by Gasteiger charge is 2.41. The van der Waals surface area contributed by atoms with Crippen LogP contribution in [0.2, 0.25) is 0 Å². The van der Waals surface area contributed by atoms with Crippen LogP contribution in [0.15, 0.2) is 0 Å². The number of likely N-dealkylation sites (tertiary alicyclic amines) is 2. The van der Waals surface area contributed by atoms with Crippen LogP contribution in [0.4, 0.5) is 0 Å². The highest BCUT2D eigenvalue weighted by molar-refractivity contribution is 5.81. The molecular weight excluding hydrogens is 256 g/mol. The average molecular weight is 282 g/mol. The molecule has 2 heterocycles. The molecule has 3 atom stereocenters. The van der Waals surface area contributed by atoms with Crippen molar-refractivity contribution >= 4 is 11.9 Å². The molecule has 2 rings (SSSR count). The molecule has 5 heteroatoms. The number of carboxylic acid groups (broad SMARTS) is 1.